The van der Waals surface area contributed by atoms with Crippen molar-refractivity contribution in [2.24, 2.45) is 0 Å². The summed E-state index contributed by atoms with van der Waals surface area (Å²) in [6, 6.07) is 6.65. The Morgan fingerprint density at radius 3 is 2.60 bits per heavy atom. The maximum Gasteiger partial charge on any atom is 0.255 e. The number of anilines is 1. The number of carbonyl (C=O) groups is 1. The first kappa shape index (κ1) is 21.2. The number of amides is 1. The number of aromatic nitrogens is 4. The van der Waals surface area contributed by atoms with Crippen molar-refractivity contribution in [3.05, 3.63) is 72.1 Å². The summed E-state index contributed by atoms with van der Waals surface area (Å²) < 4.78 is 55.9. The van der Waals surface area contributed by atoms with Gasteiger partial charge in [-0.25, -0.2) is 21.9 Å². The second-order valence-electron chi connectivity index (χ2n) is 6.04. The van der Waals surface area contributed by atoms with Gasteiger partial charge >= 0.3 is 0 Å². The summed E-state index contributed by atoms with van der Waals surface area (Å²) in [6.45, 7) is 4.85. The highest BCUT2D eigenvalue weighted by Gasteiger charge is 2.21. The molecule has 2 aromatic carbocycles. The molecular weight excluding hydrogens is 418 g/mol. The number of carbonyl (C=O) groups excluding carboxylic acids is 1. The first-order valence-electron chi connectivity index (χ1n) is 8.49. The molecule has 0 radical (unpaired) electrons. The number of hydrogen-bond donors (Lipinski definition) is 2. The van der Waals surface area contributed by atoms with Crippen LogP contribution in [-0.2, 0) is 10.0 Å². The zero-order valence-corrected chi connectivity index (χ0v) is 16.4. The predicted molar refractivity (Wildman–Crippen MR) is 104 cm³/mol. The van der Waals surface area contributed by atoms with Crippen LogP contribution in [0.5, 0.6) is 0 Å². The summed E-state index contributed by atoms with van der Waals surface area (Å²) in [5.41, 5.74) is 0.0935. The molecule has 0 saturated heterocycles. The van der Waals surface area contributed by atoms with E-state index in [1.54, 1.807) is 6.92 Å². The molecule has 1 amide bonds. The van der Waals surface area contributed by atoms with Crippen LogP contribution in [0.1, 0.15) is 16.2 Å². The lowest BCUT2D eigenvalue weighted by molar-refractivity contribution is 0.102. The number of nitrogens with zero attached hydrogens (tertiary/aromatic N) is 4. The maximum absolute atomic E-state index is 14.2. The minimum absolute atomic E-state index is 0.00583. The van der Waals surface area contributed by atoms with Crippen LogP contribution in [0.2, 0.25) is 0 Å². The normalized spacial score (nSPS) is 11.3. The van der Waals surface area contributed by atoms with Crippen LogP contribution in [0.15, 0.2) is 53.9 Å². The van der Waals surface area contributed by atoms with Crippen LogP contribution in [0.25, 0.3) is 5.69 Å². The number of tetrazole rings is 1. The van der Waals surface area contributed by atoms with Crippen molar-refractivity contribution in [3.8, 4) is 5.69 Å². The number of benzene rings is 2. The number of nitrogens with one attached hydrogen (secondary N) is 2. The number of sulfonamides is 1. The highest BCUT2D eigenvalue weighted by atomic mass is 32.2. The van der Waals surface area contributed by atoms with E-state index in [0.29, 0.717) is 5.82 Å². The molecular formula is C18H16F2N6O3S. The third kappa shape index (κ3) is 4.39. The van der Waals surface area contributed by atoms with Gasteiger partial charge in [-0.05, 0) is 53.7 Å². The molecule has 3 rings (SSSR count). The predicted octanol–water partition coefficient (Wildman–Crippen LogP) is 1.97. The van der Waals surface area contributed by atoms with Gasteiger partial charge in [0.25, 0.3) is 5.91 Å². The van der Waals surface area contributed by atoms with Crippen LogP contribution < -0.4 is 10.0 Å². The smallest absolute Gasteiger partial charge is 0.255 e. The van der Waals surface area contributed by atoms with E-state index in [2.05, 4.69) is 32.1 Å². The minimum atomic E-state index is -4.18. The van der Waals surface area contributed by atoms with Gasteiger partial charge in [0.05, 0.1) is 0 Å². The van der Waals surface area contributed by atoms with Crippen molar-refractivity contribution in [2.75, 3.05) is 11.9 Å². The average Bonchev–Trinajstić information content (AvgIpc) is 3.13. The Hall–Kier alpha value is -3.51. The molecule has 0 fully saturated rings. The highest BCUT2D eigenvalue weighted by Crippen LogP contribution is 2.21. The summed E-state index contributed by atoms with van der Waals surface area (Å²) in [6.07, 6.45) is 1.30. The zero-order chi connectivity index (χ0) is 21.9. The average molecular weight is 434 g/mol. The molecule has 12 heteroatoms. The lowest BCUT2D eigenvalue weighted by Crippen LogP contribution is -2.25. The van der Waals surface area contributed by atoms with Crippen molar-refractivity contribution in [1.29, 1.82) is 0 Å². The van der Waals surface area contributed by atoms with E-state index >= 15 is 0 Å². The van der Waals surface area contributed by atoms with E-state index in [1.165, 1.54) is 18.2 Å². The van der Waals surface area contributed by atoms with Crippen molar-refractivity contribution in [2.45, 2.75) is 11.8 Å². The van der Waals surface area contributed by atoms with E-state index in [1.807, 2.05) is 0 Å². The summed E-state index contributed by atoms with van der Waals surface area (Å²) in [7, 11) is -4.18. The van der Waals surface area contributed by atoms with E-state index < -0.39 is 32.5 Å². The van der Waals surface area contributed by atoms with Gasteiger partial charge in [0.15, 0.2) is 5.82 Å². The van der Waals surface area contributed by atoms with Crippen LogP contribution in [0.4, 0.5) is 14.5 Å². The molecule has 0 aliphatic heterocycles. The molecule has 1 heterocycles. The third-order valence-electron chi connectivity index (χ3n) is 3.96. The summed E-state index contributed by atoms with van der Waals surface area (Å²) >= 11 is 0. The molecule has 0 aliphatic rings. The molecule has 0 spiro atoms. The van der Waals surface area contributed by atoms with E-state index in [0.717, 1.165) is 28.9 Å². The van der Waals surface area contributed by atoms with Gasteiger partial charge in [0.2, 0.25) is 10.0 Å². The zero-order valence-electron chi connectivity index (χ0n) is 15.6. The molecule has 30 heavy (non-hydrogen) atoms. The second-order valence-corrected chi connectivity index (χ2v) is 7.78. The van der Waals surface area contributed by atoms with Gasteiger partial charge in [0.1, 0.15) is 22.2 Å². The number of aryl methyl sites for hydroxylation is 1. The second kappa shape index (κ2) is 8.47. The van der Waals surface area contributed by atoms with Gasteiger partial charge in [-0.1, -0.05) is 6.08 Å². The van der Waals surface area contributed by atoms with Gasteiger partial charge in [-0.2, -0.15) is 4.68 Å². The fourth-order valence-electron chi connectivity index (χ4n) is 2.51. The van der Waals surface area contributed by atoms with E-state index in [4.69, 9.17) is 0 Å². The quantitative estimate of drug-likeness (QED) is 0.549. The van der Waals surface area contributed by atoms with E-state index in [-0.39, 0.29) is 23.5 Å². The maximum atomic E-state index is 14.2. The lowest BCUT2D eigenvalue weighted by Gasteiger charge is -2.11. The summed E-state index contributed by atoms with van der Waals surface area (Å²) in [5.74, 6) is -2.02. The van der Waals surface area contributed by atoms with Crippen molar-refractivity contribution >= 4 is 21.6 Å². The molecule has 156 valence electrons. The molecule has 0 saturated carbocycles. The Morgan fingerprint density at radius 1 is 1.20 bits per heavy atom. The third-order valence-corrected chi connectivity index (χ3v) is 5.40. The monoisotopic (exact) mass is 434 g/mol. The molecule has 2 N–H and O–H groups in total. The van der Waals surface area contributed by atoms with Crippen LogP contribution in [0, 0.1) is 18.6 Å². The number of halogens is 2. The lowest BCUT2D eigenvalue weighted by atomic mass is 10.2. The highest BCUT2D eigenvalue weighted by molar-refractivity contribution is 7.89. The Kier molecular flexibility index (Phi) is 5.99. The van der Waals surface area contributed by atoms with Crippen LogP contribution in [0.3, 0.4) is 0 Å². The molecule has 1 aromatic heterocycles. The fraction of sp³-hybridized carbons (Fsp3) is 0.111. The first-order chi connectivity index (χ1) is 14.2. The summed E-state index contributed by atoms with van der Waals surface area (Å²) in [4.78, 5) is 11.9. The molecule has 0 atom stereocenters. The first-order valence-corrected chi connectivity index (χ1v) is 9.97. The molecule has 3 aromatic rings. The number of hydrogen-bond acceptors (Lipinski definition) is 6. The van der Waals surface area contributed by atoms with Crippen LogP contribution >= 0.6 is 0 Å². The SMILES string of the molecule is C=CCNS(=O)(=O)c1cc(C(=O)Nc2ccc(F)c(-n3nnnc3C)c2)ccc1F. The van der Waals surface area contributed by atoms with Gasteiger partial charge in [-0.3, -0.25) is 4.79 Å². The Labute approximate surface area is 170 Å². The molecule has 0 unspecified atom stereocenters. The van der Waals surface area contributed by atoms with Crippen molar-refractivity contribution < 1.29 is 22.0 Å². The molecule has 0 bridgehead atoms. The Morgan fingerprint density at radius 2 is 1.93 bits per heavy atom. The molecule has 0 aliphatic carbocycles. The Balaban J connectivity index is 1.89. The Bertz CT molecular complexity index is 1230. The largest absolute Gasteiger partial charge is 0.322 e. The van der Waals surface area contributed by atoms with Crippen LogP contribution in [-0.4, -0.2) is 41.1 Å². The number of rotatable bonds is 7. The summed E-state index contributed by atoms with van der Waals surface area (Å²) in [5, 5.41) is 13.3. The van der Waals surface area contributed by atoms with Gasteiger partial charge < -0.3 is 5.32 Å². The standard InChI is InChI=1S/C18H16F2N6O3S/c1-3-8-21-30(28,29)17-9-12(4-6-15(17)20)18(27)22-13-5-7-14(19)16(10-13)26-11(2)23-24-25-26/h3-7,9-10,21H,1,8H2,2H3,(H,22,27). The molecule has 9 nitrogen and oxygen atoms in total. The fourth-order valence-corrected chi connectivity index (χ4v) is 3.61. The van der Waals surface area contributed by atoms with Gasteiger partial charge in [-0.15, -0.1) is 11.7 Å². The van der Waals surface area contributed by atoms with Crippen molar-refractivity contribution in [1.82, 2.24) is 24.9 Å². The topological polar surface area (TPSA) is 119 Å². The van der Waals surface area contributed by atoms with E-state index in [9.17, 15) is 22.0 Å². The minimum Gasteiger partial charge on any atom is -0.322 e. The van der Waals surface area contributed by atoms with Gasteiger partial charge in [0, 0.05) is 17.8 Å². The van der Waals surface area contributed by atoms with Crippen molar-refractivity contribution in [3.63, 3.8) is 0 Å².